The van der Waals surface area contributed by atoms with Crippen molar-refractivity contribution in [2.24, 2.45) is 5.92 Å². The van der Waals surface area contributed by atoms with Crippen LogP contribution in [-0.4, -0.2) is 39.2 Å². The smallest absolute Gasteiger partial charge is 0.328 e. The van der Waals surface area contributed by atoms with E-state index >= 15 is 0 Å². The summed E-state index contributed by atoms with van der Waals surface area (Å²) in [5, 5.41) is 7.32. The van der Waals surface area contributed by atoms with E-state index in [0.29, 0.717) is 34.6 Å². The van der Waals surface area contributed by atoms with Crippen LogP contribution >= 0.6 is 11.6 Å². The zero-order valence-electron chi connectivity index (χ0n) is 14.6. The summed E-state index contributed by atoms with van der Waals surface area (Å²) in [7, 11) is 0. The van der Waals surface area contributed by atoms with Crippen LogP contribution in [0.3, 0.4) is 0 Å². The lowest BCUT2D eigenvalue weighted by molar-refractivity contribution is 0.613. The standard InChI is InChI=1S/C18H21ClN6O/c1-11-13(3-2-4-14(11)19)10-25-16-15(23-18(25)26)9-22-17(24-16)21-8-12-5-6-20-7-12/h2-4,9,12,20H,5-8,10H2,1H3,(H,23,26)(H,21,22,24)/t12-/m1/s1. The van der Waals surface area contributed by atoms with Gasteiger partial charge in [0.2, 0.25) is 5.95 Å². The highest BCUT2D eigenvalue weighted by atomic mass is 35.5. The molecule has 4 rings (SSSR count). The third kappa shape index (κ3) is 3.32. The van der Waals surface area contributed by atoms with E-state index in [1.54, 1.807) is 10.8 Å². The third-order valence-electron chi connectivity index (χ3n) is 4.93. The Bertz CT molecular complexity index is 989. The number of anilines is 1. The van der Waals surface area contributed by atoms with E-state index in [2.05, 4.69) is 25.6 Å². The summed E-state index contributed by atoms with van der Waals surface area (Å²) in [5.41, 5.74) is 2.98. The molecule has 7 nitrogen and oxygen atoms in total. The van der Waals surface area contributed by atoms with Crippen molar-refractivity contribution in [3.8, 4) is 0 Å². The summed E-state index contributed by atoms with van der Waals surface area (Å²) in [4.78, 5) is 24.1. The Morgan fingerprint density at radius 1 is 1.42 bits per heavy atom. The van der Waals surface area contributed by atoms with Crippen molar-refractivity contribution < 1.29 is 0 Å². The van der Waals surface area contributed by atoms with E-state index in [9.17, 15) is 4.79 Å². The van der Waals surface area contributed by atoms with Crippen molar-refractivity contribution in [1.82, 2.24) is 24.8 Å². The fourth-order valence-corrected chi connectivity index (χ4v) is 3.49. The molecule has 3 heterocycles. The minimum atomic E-state index is -0.203. The number of hydrogen-bond acceptors (Lipinski definition) is 5. The Hall–Kier alpha value is -2.38. The first-order chi connectivity index (χ1) is 12.6. The topological polar surface area (TPSA) is 87.6 Å². The highest BCUT2D eigenvalue weighted by Gasteiger charge is 2.16. The summed E-state index contributed by atoms with van der Waals surface area (Å²) in [5.74, 6) is 1.12. The summed E-state index contributed by atoms with van der Waals surface area (Å²) >= 11 is 6.20. The lowest BCUT2D eigenvalue weighted by atomic mass is 10.1. The van der Waals surface area contributed by atoms with Crippen LogP contribution < -0.4 is 16.3 Å². The van der Waals surface area contributed by atoms with Crippen LogP contribution in [0.25, 0.3) is 11.2 Å². The molecule has 1 fully saturated rings. The van der Waals surface area contributed by atoms with Crippen LogP contribution in [-0.2, 0) is 6.54 Å². The first-order valence-corrected chi connectivity index (χ1v) is 9.14. The Morgan fingerprint density at radius 3 is 3.12 bits per heavy atom. The molecule has 3 aromatic rings. The molecule has 8 heteroatoms. The van der Waals surface area contributed by atoms with Crippen molar-refractivity contribution in [3.63, 3.8) is 0 Å². The second-order valence-corrected chi connectivity index (χ2v) is 7.12. The summed E-state index contributed by atoms with van der Waals surface area (Å²) in [6, 6.07) is 5.71. The van der Waals surface area contributed by atoms with Crippen molar-refractivity contribution in [1.29, 1.82) is 0 Å². The molecule has 0 saturated carbocycles. The van der Waals surface area contributed by atoms with Gasteiger partial charge in [-0.2, -0.15) is 4.98 Å². The molecule has 1 aliphatic rings. The molecular formula is C18H21ClN6O. The number of hydrogen-bond donors (Lipinski definition) is 3. The molecule has 2 aromatic heterocycles. The van der Waals surface area contributed by atoms with E-state index in [-0.39, 0.29) is 5.69 Å². The Labute approximate surface area is 155 Å². The molecule has 0 spiro atoms. The van der Waals surface area contributed by atoms with Gasteiger partial charge < -0.3 is 15.6 Å². The average Bonchev–Trinajstić information content (AvgIpc) is 3.25. The monoisotopic (exact) mass is 372 g/mol. The van der Waals surface area contributed by atoms with Crippen molar-refractivity contribution >= 4 is 28.7 Å². The number of imidazole rings is 1. The molecule has 0 unspecified atom stereocenters. The molecule has 0 bridgehead atoms. The third-order valence-corrected chi connectivity index (χ3v) is 5.34. The van der Waals surface area contributed by atoms with Crippen LogP contribution in [0.15, 0.2) is 29.2 Å². The maximum Gasteiger partial charge on any atom is 0.328 e. The number of aromatic amines is 1. The average molecular weight is 373 g/mol. The zero-order chi connectivity index (χ0) is 18.1. The molecule has 1 saturated heterocycles. The summed E-state index contributed by atoms with van der Waals surface area (Å²) in [6.07, 6.45) is 2.80. The predicted molar refractivity (Wildman–Crippen MR) is 103 cm³/mol. The lowest BCUT2D eigenvalue weighted by Gasteiger charge is -2.11. The van der Waals surface area contributed by atoms with E-state index in [1.165, 1.54) is 0 Å². The van der Waals surface area contributed by atoms with E-state index in [4.69, 9.17) is 11.6 Å². The number of halogens is 1. The van der Waals surface area contributed by atoms with Crippen molar-refractivity contribution in [2.75, 3.05) is 25.0 Å². The van der Waals surface area contributed by atoms with Gasteiger partial charge in [0, 0.05) is 11.6 Å². The Balaban J connectivity index is 1.63. The minimum Gasteiger partial charge on any atom is -0.354 e. The van der Waals surface area contributed by atoms with Gasteiger partial charge in [0.1, 0.15) is 5.52 Å². The molecule has 1 aliphatic heterocycles. The predicted octanol–water partition coefficient (Wildman–Crippen LogP) is 2.15. The quantitative estimate of drug-likeness (QED) is 0.638. The maximum atomic E-state index is 12.4. The van der Waals surface area contributed by atoms with Crippen molar-refractivity contribution in [3.05, 3.63) is 51.0 Å². The van der Waals surface area contributed by atoms with Gasteiger partial charge in [0.15, 0.2) is 5.65 Å². The molecule has 3 N–H and O–H groups in total. The van der Waals surface area contributed by atoms with Crippen LogP contribution in [0.2, 0.25) is 5.02 Å². The van der Waals surface area contributed by atoms with E-state index in [1.807, 2.05) is 25.1 Å². The maximum absolute atomic E-state index is 12.4. The van der Waals surface area contributed by atoms with Gasteiger partial charge in [0.25, 0.3) is 0 Å². The number of nitrogens with zero attached hydrogens (tertiary/aromatic N) is 3. The van der Waals surface area contributed by atoms with E-state index < -0.39 is 0 Å². The van der Waals surface area contributed by atoms with Crippen LogP contribution in [0.4, 0.5) is 5.95 Å². The van der Waals surface area contributed by atoms with Gasteiger partial charge in [0.05, 0.1) is 12.7 Å². The molecule has 136 valence electrons. The highest BCUT2D eigenvalue weighted by molar-refractivity contribution is 6.31. The molecule has 0 aliphatic carbocycles. The number of H-pyrrole nitrogens is 1. The second-order valence-electron chi connectivity index (χ2n) is 6.71. The minimum absolute atomic E-state index is 0.203. The SMILES string of the molecule is Cc1c(Cl)cccc1Cn1c(=O)[nH]c2cnc(NC[C@@H]3CCNC3)nc21. The highest BCUT2D eigenvalue weighted by Crippen LogP contribution is 2.20. The molecular weight excluding hydrogens is 352 g/mol. The lowest BCUT2D eigenvalue weighted by Crippen LogP contribution is -2.19. The largest absolute Gasteiger partial charge is 0.354 e. The number of benzene rings is 1. The van der Waals surface area contributed by atoms with Gasteiger partial charge in [-0.25, -0.2) is 9.78 Å². The van der Waals surface area contributed by atoms with Crippen LogP contribution in [0, 0.1) is 12.8 Å². The first kappa shape index (κ1) is 17.1. The second kappa shape index (κ2) is 7.09. The van der Waals surface area contributed by atoms with Crippen LogP contribution in [0.5, 0.6) is 0 Å². The fraction of sp³-hybridized carbons (Fsp3) is 0.389. The Morgan fingerprint density at radius 2 is 2.31 bits per heavy atom. The zero-order valence-corrected chi connectivity index (χ0v) is 15.3. The molecule has 1 atom stereocenters. The van der Waals surface area contributed by atoms with Gasteiger partial charge in [-0.1, -0.05) is 23.7 Å². The number of aromatic nitrogens is 4. The Kier molecular flexibility index (Phi) is 4.65. The molecule has 1 aromatic carbocycles. The fourth-order valence-electron chi connectivity index (χ4n) is 3.30. The van der Waals surface area contributed by atoms with E-state index in [0.717, 1.165) is 37.2 Å². The van der Waals surface area contributed by atoms with Gasteiger partial charge in [-0.15, -0.1) is 0 Å². The molecule has 0 amide bonds. The summed E-state index contributed by atoms with van der Waals surface area (Å²) < 4.78 is 1.62. The number of fused-ring (bicyclic) bond motifs is 1. The van der Waals surface area contributed by atoms with Gasteiger partial charge in [-0.3, -0.25) is 4.57 Å². The molecule has 0 radical (unpaired) electrons. The van der Waals surface area contributed by atoms with Crippen molar-refractivity contribution in [2.45, 2.75) is 19.9 Å². The van der Waals surface area contributed by atoms with Gasteiger partial charge >= 0.3 is 5.69 Å². The normalized spacial score (nSPS) is 17.1. The first-order valence-electron chi connectivity index (χ1n) is 8.76. The number of nitrogens with one attached hydrogen (secondary N) is 3. The number of rotatable bonds is 5. The molecule has 26 heavy (non-hydrogen) atoms. The van der Waals surface area contributed by atoms with Gasteiger partial charge in [-0.05, 0) is 49.5 Å². The van der Waals surface area contributed by atoms with Crippen LogP contribution in [0.1, 0.15) is 17.5 Å². The summed E-state index contributed by atoms with van der Waals surface area (Å²) in [6.45, 7) is 5.25.